The van der Waals surface area contributed by atoms with Crippen molar-refractivity contribution < 1.29 is 14.0 Å². The molecular formula is C19H30O3Si. The highest BCUT2D eigenvalue weighted by Crippen LogP contribution is 2.58. The zero-order valence-corrected chi connectivity index (χ0v) is 16.2. The van der Waals surface area contributed by atoms with Gasteiger partial charge in [0.15, 0.2) is 14.1 Å². The third-order valence-corrected chi connectivity index (χ3v) is 11.3. The fraction of sp³-hybridized carbons (Fsp3) is 0.789. The van der Waals surface area contributed by atoms with Crippen molar-refractivity contribution in [1.82, 2.24) is 0 Å². The minimum Gasteiger partial charge on any atom is -0.413 e. The van der Waals surface area contributed by atoms with Gasteiger partial charge in [0.05, 0.1) is 11.5 Å². The van der Waals surface area contributed by atoms with Gasteiger partial charge in [-0.2, -0.15) is 0 Å². The van der Waals surface area contributed by atoms with Gasteiger partial charge in [0.2, 0.25) is 0 Å². The van der Waals surface area contributed by atoms with Crippen LogP contribution in [0.1, 0.15) is 59.3 Å². The van der Waals surface area contributed by atoms with E-state index in [0.717, 1.165) is 31.3 Å². The predicted octanol–water partition coefficient (Wildman–Crippen LogP) is 4.43. The summed E-state index contributed by atoms with van der Waals surface area (Å²) >= 11 is 0. The largest absolute Gasteiger partial charge is 0.413 e. The lowest BCUT2D eigenvalue weighted by molar-refractivity contribution is -0.135. The maximum absolute atomic E-state index is 13.0. The second kappa shape index (κ2) is 5.38. The van der Waals surface area contributed by atoms with Crippen LogP contribution < -0.4 is 0 Å². The summed E-state index contributed by atoms with van der Waals surface area (Å²) in [6.45, 7) is 11.3. The van der Waals surface area contributed by atoms with Crippen molar-refractivity contribution in [3.05, 3.63) is 11.6 Å². The minimum absolute atomic E-state index is 0.0215. The Balaban J connectivity index is 1.97. The summed E-state index contributed by atoms with van der Waals surface area (Å²) in [5, 5.41) is 0.132. The fourth-order valence-corrected chi connectivity index (χ4v) is 5.82. The van der Waals surface area contributed by atoms with E-state index in [-0.39, 0.29) is 16.9 Å². The number of carbonyl (C=O) groups excluding carboxylic acids is 2. The first kappa shape index (κ1) is 17.1. The zero-order valence-electron chi connectivity index (χ0n) is 15.2. The molecule has 0 saturated heterocycles. The maximum atomic E-state index is 13.0. The molecule has 2 saturated carbocycles. The first-order chi connectivity index (χ1) is 10.6. The molecule has 0 aromatic carbocycles. The summed E-state index contributed by atoms with van der Waals surface area (Å²) < 4.78 is 6.76. The number of ketones is 2. The van der Waals surface area contributed by atoms with E-state index in [9.17, 15) is 9.59 Å². The predicted molar refractivity (Wildman–Crippen MR) is 93.8 cm³/mol. The van der Waals surface area contributed by atoms with Crippen LogP contribution in [-0.2, 0) is 14.0 Å². The number of carbonyl (C=O) groups is 2. The van der Waals surface area contributed by atoms with Crippen LogP contribution in [0.15, 0.2) is 11.6 Å². The van der Waals surface area contributed by atoms with E-state index in [1.165, 1.54) is 0 Å². The monoisotopic (exact) mass is 334 g/mol. The lowest BCUT2D eigenvalue weighted by Gasteiger charge is -2.47. The Morgan fingerprint density at radius 1 is 1.22 bits per heavy atom. The van der Waals surface area contributed by atoms with Gasteiger partial charge in [-0.3, -0.25) is 9.59 Å². The summed E-state index contributed by atoms with van der Waals surface area (Å²) in [4.78, 5) is 24.9. The van der Waals surface area contributed by atoms with Crippen LogP contribution in [0, 0.1) is 11.3 Å². The molecule has 3 rings (SSSR count). The van der Waals surface area contributed by atoms with Gasteiger partial charge in [-0.25, -0.2) is 0 Å². The fourth-order valence-electron chi connectivity index (χ4n) is 4.44. The molecule has 0 aromatic rings. The molecule has 4 heteroatoms. The number of fused-ring (bicyclic) bond motifs is 2. The second-order valence-electron chi connectivity index (χ2n) is 9.16. The first-order valence-corrected chi connectivity index (χ1v) is 11.9. The topological polar surface area (TPSA) is 43.4 Å². The molecule has 3 atom stereocenters. The highest BCUT2D eigenvalue weighted by atomic mass is 28.4. The van der Waals surface area contributed by atoms with Gasteiger partial charge in [-0.1, -0.05) is 20.8 Å². The van der Waals surface area contributed by atoms with Gasteiger partial charge in [0.1, 0.15) is 5.78 Å². The van der Waals surface area contributed by atoms with Crippen molar-refractivity contribution in [2.24, 2.45) is 11.3 Å². The molecule has 0 aromatic heterocycles. The number of Topliss-reactive ketones (excluding diaryl/α,β-unsaturated/α-hetero) is 1. The van der Waals surface area contributed by atoms with E-state index in [4.69, 9.17) is 4.43 Å². The van der Waals surface area contributed by atoms with Crippen molar-refractivity contribution in [3.8, 4) is 0 Å². The van der Waals surface area contributed by atoms with Crippen molar-refractivity contribution in [1.29, 1.82) is 0 Å². The summed E-state index contributed by atoms with van der Waals surface area (Å²) in [6, 6.07) is 0. The Morgan fingerprint density at radius 3 is 2.57 bits per heavy atom. The summed E-state index contributed by atoms with van der Waals surface area (Å²) in [7, 11) is -1.94. The van der Waals surface area contributed by atoms with Crippen LogP contribution in [0.2, 0.25) is 18.1 Å². The highest BCUT2D eigenvalue weighted by molar-refractivity contribution is 6.74. The van der Waals surface area contributed by atoms with Crippen LogP contribution in [0.25, 0.3) is 0 Å². The average Bonchev–Trinajstić information content (AvgIpc) is 2.92. The quantitative estimate of drug-likeness (QED) is 0.702. The Hall–Kier alpha value is -0.743. The highest BCUT2D eigenvalue weighted by Gasteiger charge is 2.58. The smallest absolute Gasteiger partial charge is 0.192 e. The van der Waals surface area contributed by atoms with E-state index in [1.54, 1.807) is 6.08 Å². The molecule has 0 radical (unpaired) electrons. The van der Waals surface area contributed by atoms with E-state index in [1.807, 2.05) is 0 Å². The lowest BCUT2D eigenvalue weighted by Crippen LogP contribution is -2.53. The zero-order chi connectivity index (χ0) is 17.0. The molecule has 1 spiro atoms. The molecule has 0 heterocycles. The van der Waals surface area contributed by atoms with Gasteiger partial charge in [-0.15, -0.1) is 0 Å². The van der Waals surface area contributed by atoms with Crippen molar-refractivity contribution in [3.63, 3.8) is 0 Å². The molecule has 23 heavy (non-hydrogen) atoms. The Labute approximate surface area is 141 Å². The van der Waals surface area contributed by atoms with Gasteiger partial charge in [-0.05, 0) is 61.4 Å². The van der Waals surface area contributed by atoms with Crippen LogP contribution in [0.4, 0.5) is 0 Å². The molecule has 0 bridgehead atoms. The van der Waals surface area contributed by atoms with E-state index < -0.39 is 13.7 Å². The Bertz CT molecular complexity index is 570. The summed E-state index contributed by atoms with van der Waals surface area (Å²) in [5.41, 5.74) is 0.640. The number of rotatable bonds is 2. The van der Waals surface area contributed by atoms with Crippen LogP contribution >= 0.6 is 0 Å². The Kier molecular flexibility index (Phi) is 4.00. The molecule has 2 fully saturated rings. The van der Waals surface area contributed by atoms with Gasteiger partial charge in [0.25, 0.3) is 0 Å². The molecule has 0 unspecified atom stereocenters. The SMILES string of the molecule is CC(C)(C)[Si](C)(C)O[C@H]1CCCC(=O)[C@]12CC[C@H]1CC(=O)C=C12. The van der Waals surface area contributed by atoms with Gasteiger partial charge >= 0.3 is 0 Å². The third-order valence-electron chi connectivity index (χ3n) is 6.77. The van der Waals surface area contributed by atoms with Crippen molar-refractivity contribution in [2.45, 2.75) is 83.5 Å². The van der Waals surface area contributed by atoms with Crippen molar-refractivity contribution >= 4 is 19.9 Å². The maximum Gasteiger partial charge on any atom is 0.192 e. The Morgan fingerprint density at radius 2 is 1.91 bits per heavy atom. The molecule has 0 N–H and O–H groups in total. The molecule has 0 aliphatic heterocycles. The normalized spacial score (nSPS) is 34.9. The van der Waals surface area contributed by atoms with Crippen LogP contribution in [-0.4, -0.2) is 26.0 Å². The van der Waals surface area contributed by atoms with Gasteiger partial charge in [0, 0.05) is 12.8 Å². The van der Waals surface area contributed by atoms with Crippen LogP contribution in [0.5, 0.6) is 0 Å². The average molecular weight is 335 g/mol. The lowest BCUT2D eigenvalue weighted by atomic mass is 9.67. The summed E-state index contributed by atoms with van der Waals surface area (Å²) in [6.07, 6.45) is 6.76. The molecule has 3 aliphatic rings. The van der Waals surface area contributed by atoms with Crippen molar-refractivity contribution in [2.75, 3.05) is 0 Å². The minimum atomic E-state index is -1.94. The number of hydrogen-bond acceptors (Lipinski definition) is 3. The molecular weight excluding hydrogens is 304 g/mol. The number of hydrogen-bond donors (Lipinski definition) is 0. The standard InChI is InChI=1S/C19H30O3Si/c1-18(2,3)23(4,5)22-17-8-6-7-16(21)19(17)10-9-13-11-14(20)12-15(13)19/h12-13,17H,6-11H2,1-5H3/t13-,17-,19+/m0/s1. The van der Waals surface area contributed by atoms with Gasteiger partial charge < -0.3 is 4.43 Å². The van der Waals surface area contributed by atoms with E-state index in [0.29, 0.717) is 24.5 Å². The summed E-state index contributed by atoms with van der Waals surface area (Å²) in [5.74, 6) is 0.833. The number of allylic oxidation sites excluding steroid dienone is 1. The molecule has 3 nitrogen and oxygen atoms in total. The molecule has 3 aliphatic carbocycles. The third kappa shape index (κ3) is 2.58. The second-order valence-corrected chi connectivity index (χ2v) is 13.9. The van der Waals surface area contributed by atoms with E-state index >= 15 is 0 Å². The first-order valence-electron chi connectivity index (χ1n) is 9.04. The molecule has 0 amide bonds. The van der Waals surface area contributed by atoms with E-state index in [2.05, 4.69) is 33.9 Å². The molecule has 128 valence electrons. The van der Waals surface area contributed by atoms with Crippen LogP contribution in [0.3, 0.4) is 0 Å².